The van der Waals surface area contributed by atoms with Gasteiger partial charge in [-0.1, -0.05) is 18.7 Å². The van der Waals surface area contributed by atoms with Crippen LogP contribution < -0.4 is 10.6 Å². The molecule has 0 unspecified atom stereocenters. The van der Waals surface area contributed by atoms with Gasteiger partial charge in [0.05, 0.1) is 18.0 Å². The maximum atomic E-state index is 11.7. The fourth-order valence-electron chi connectivity index (χ4n) is 1.32. The van der Waals surface area contributed by atoms with Gasteiger partial charge in [-0.15, -0.1) is 0 Å². The van der Waals surface area contributed by atoms with E-state index in [4.69, 9.17) is 4.74 Å². The van der Waals surface area contributed by atoms with Crippen LogP contribution in [0.15, 0.2) is 36.6 Å². The third-order valence-corrected chi connectivity index (χ3v) is 2.06. The summed E-state index contributed by atoms with van der Waals surface area (Å²) in [7, 11) is 0. The van der Waals surface area contributed by atoms with Crippen molar-refractivity contribution in [3.05, 3.63) is 36.6 Å². The second-order valence-corrected chi connectivity index (χ2v) is 3.54. The Hall–Kier alpha value is -2.30. The van der Waals surface area contributed by atoms with Gasteiger partial charge in [-0.3, -0.25) is 9.59 Å². The lowest BCUT2D eigenvalue weighted by molar-refractivity contribution is -0.116. The Kier molecular flexibility index (Phi) is 4.92. The average molecular weight is 248 g/mol. The zero-order chi connectivity index (χ0) is 13.5. The summed E-state index contributed by atoms with van der Waals surface area (Å²) in [5, 5.41) is 5.25. The largest absolute Gasteiger partial charge is 0.489 e. The first-order valence-corrected chi connectivity index (χ1v) is 5.54. The van der Waals surface area contributed by atoms with Crippen LogP contribution in [0, 0.1) is 0 Å². The molecule has 2 amide bonds. The number of carbonyl (C=O) groups excluding carboxylic acids is 2. The number of carbonyl (C=O) groups is 2. The van der Waals surface area contributed by atoms with Crippen LogP contribution in [0.25, 0.3) is 0 Å². The zero-order valence-electron chi connectivity index (χ0n) is 10.4. The van der Waals surface area contributed by atoms with Gasteiger partial charge in [-0.2, -0.15) is 0 Å². The van der Waals surface area contributed by atoms with Crippen LogP contribution in [0.4, 0.5) is 11.4 Å². The number of anilines is 2. The highest BCUT2D eigenvalue weighted by Gasteiger charge is 2.10. The van der Waals surface area contributed by atoms with Crippen molar-refractivity contribution in [3.63, 3.8) is 0 Å². The third kappa shape index (κ3) is 3.93. The quantitative estimate of drug-likeness (QED) is 0.619. The number of para-hydroxylation sites is 2. The summed E-state index contributed by atoms with van der Waals surface area (Å²) in [6.07, 6.45) is 0. The molecule has 0 aliphatic rings. The SMILES string of the molecule is C=C(OCC)C(=O)Nc1ccccc1NC(C)=O. The Morgan fingerprint density at radius 1 is 1.22 bits per heavy atom. The number of hydrogen-bond donors (Lipinski definition) is 2. The van der Waals surface area contributed by atoms with Gasteiger partial charge in [0.25, 0.3) is 5.91 Å². The standard InChI is InChI=1S/C13H16N2O3/c1-4-18-9(2)13(17)15-12-8-6-5-7-11(12)14-10(3)16/h5-8H,2,4H2,1,3H3,(H,14,16)(H,15,17). The fraction of sp³-hybridized carbons (Fsp3) is 0.231. The van der Waals surface area contributed by atoms with Crippen LogP contribution in [-0.2, 0) is 14.3 Å². The van der Waals surface area contributed by atoms with Crippen LogP contribution in [0.1, 0.15) is 13.8 Å². The molecule has 1 aromatic carbocycles. The van der Waals surface area contributed by atoms with Crippen molar-refractivity contribution < 1.29 is 14.3 Å². The lowest BCUT2D eigenvalue weighted by atomic mass is 10.2. The third-order valence-electron chi connectivity index (χ3n) is 2.06. The summed E-state index contributed by atoms with van der Waals surface area (Å²) in [5.41, 5.74) is 1.03. The molecule has 1 rings (SSSR count). The molecule has 96 valence electrons. The van der Waals surface area contributed by atoms with E-state index in [0.29, 0.717) is 18.0 Å². The molecule has 0 heterocycles. The first-order valence-electron chi connectivity index (χ1n) is 5.54. The Morgan fingerprint density at radius 2 is 1.78 bits per heavy atom. The van der Waals surface area contributed by atoms with Gasteiger partial charge in [0.1, 0.15) is 0 Å². The summed E-state index contributed by atoms with van der Waals surface area (Å²) in [4.78, 5) is 22.7. The van der Waals surface area contributed by atoms with E-state index in [0.717, 1.165) is 0 Å². The Bertz CT molecular complexity index is 469. The predicted octanol–water partition coefficient (Wildman–Crippen LogP) is 2.13. The number of amides is 2. The smallest absolute Gasteiger partial charge is 0.290 e. The molecule has 5 heteroatoms. The molecular formula is C13H16N2O3. The van der Waals surface area contributed by atoms with Gasteiger partial charge in [0, 0.05) is 6.92 Å². The van der Waals surface area contributed by atoms with Crippen molar-refractivity contribution in [2.45, 2.75) is 13.8 Å². The zero-order valence-corrected chi connectivity index (χ0v) is 10.4. The highest BCUT2D eigenvalue weighted by molar-refractivity contribution is 6.05. The first kappa shape index (κ1) is 13.8. The number of ether oxygens (including phenoxy) is 1. The van der Waals surface area contributed by atoms with E-state index in [1.807, 2.05) is 0 Å². The van der Waals surface area contributed by atoms with E-state index in [1.165, 1.54) is 6.92 Å². The molecule has 0 saturated heterocycles. The van der Waals surface area contributed by atoms with E-state index >= 15 is 0 Å². The number of benzene rings is 1. The molecule has 0 spiro atoms. The lowest BCUT2D eigenvalue weighted by Crippen LogP contribution is -2.17. The first-order chi connectivity index (χ1) is 8.54. The van der Waals surface area contributed by atoms with Crippen molar-refractivity contribution >= 4 is 23.2 Å². The normalized spacial score (nSPS) is 9.44. The van der Waals surface area contributed by atoms with E-state index in [2.05, 4.69) is 17.2 Å². The van der Waals surface area contributed by atoms with Gasteiger partial charge < -0.3 is 15.4 Å². The summed E-state index contributed by atoms with van der Waals surface area (Å²) in [6, 6.07) is 6.89. The number of rotatable bonds is 5. The van der Waals surface area contributed by atoms with E-state index < -0.39 is 5.91 Å². The molecule has 0 radical (unpaired) electrons. The van der Waals surface area contributed by atoms with Crippen LogP contribution >= 0.6 is 0 Å². The van der Waals surface area contributed by atoms with E-state index in [9.17, 15) is 9.59 Å². The van der Waals surface area contributed by atoms with E-state index in [-0.39, 0.29) is 11.7 Å². The van der Waals surface area contributed by atoms with Crippen molar-refractivity contribution in [1.82, 2.24) is 0 Å². The Morgan fingerprint density at radius 3 is 2.28 bits per heavy atom. The minimum atomic E-state index is -0.436. The van der Waals surface area contributed by atoms with Gasteiger partial charge in [0.2, 0.25) is 5.91 Å². The van der Waals surface area contributed by atoms with Crippen LogP contribution in [-0.4, -0.2) is 18.4 Å². The molecule has 1 aromatic rings. The van der Waals surface area contributed by atoms with Crippen molar-refractivity contribution in [1.29, 1.82) is 0 Å². The second kappa shape index (κ2) is 6.44. The molecule has 0 fully saturated rings. The van der Waals surface area contributed by atoms with Crippen molar-refractivity contribution in [2.24, 2.45) is 0 Å². The fourth-order valence-corrected chi connectivity index (χ4v) is 1.32. The molecule has 0 atom stereocenters. The minimum Gasteiger partial charge on any atom is -0.489 e. The highest BCUT2D eigenvalue weighted by Crippen LogP contribution is 2.21. The van der Waals surface area contributed by atoms with Gasteiger partial charge in [-0.05, 0) is 19.1 Å². The molecule has 0 aliphatic carbocycles. The molecule has 0 saturated carbocycles. The number of nitrogens with one attached hydrogen (secondary N) is 2. The summed E-state index contributed by atoms with van der Waals surface area (Å²) < 4.78 is 5.00. The van der Waals surface area contributed by atoms with Crippen LogP contribution in [0.2, 0.25) is 0 Å². The Balaban J connectivity index is 2.80. The molecule has 0 bridgehead atoms. The molecule has 0 aliphatic heterocycles. The van der Waals surface area contributed by atoms with Crippen molar-refractivity contribution in [2.75, 3.05) is 17.2 Å². The molecule has 5 nitrogen and oxygen atoms in total. The van der Waals surface area contributed by atoms with Crippen LogP contribution in [0.3, 0.4) is 0 Å². The van der Waals surface area contributed by atoms with Crippen LogP contribution in [0.5, 0.6) is 0 Å². The van der Waals surface area contributed by atoms with E-state index in [1.54, 1.807) is 31.2 Å². The van der Waals surface area contributed by atoms with Gasteiger partial charge in [0.15, 0.2) is 5.76 Å². The second-order valence-electron chi connectivity index (χ2n) is 3.54. The monoisotopic (exact) mass is 248 g/mol. The van der Waals surface area contributed by atoms with Gasteiger partial charge >= 0.3 is 0 Å². The predicted molar refractivity (Wildman–Crippen MR) is 70.1 cm³/mol. The summed E-state index contributed by atoms with van der Waals surface area (Å²) >= 11 is 0. The topological polar surface area (TPSA) is 67.4 Å². The van der Waals surface area contributed by atoms with Crippen molar-refractivity contribution in [3.8, 4) is 0 Å². The molecule has 2 N–H and O–H groups in total. The lowest BCUT2D eigenvalue weighted by Gasteiger charge is -2.12. The minimum absolute atomic E-state index is 0.0372. The maximum absolute atomic E-state index is 11.7. The average Bonchev–Trinajstić information content (AvgIpc) is 2.31. The molecular weight excluding hydrogens is 232 g/mol. The Labute approximate surface area is 106 Å². The maximum Gasteiger partial charge on any atom is 0.290 e. The van der Waals surface area contributed by atoms with Gasteiger partial charge in [-0.25, -0.2) is 0 Å². The highest BCUT2D eigenvalue weighted by atomic mass is 16.5. The summed E-state index contributed by atoms with van der Waals surface area (Å²) in [6.45, 7) is 7.05. The number of hydrogen-bond acceptors (Lipinski definition) is 3. The molecule has 0 aromatic heterocycles. The molecule has 18 heavy (non-hydrogen) atoms. The summed E-state index contributed by atoms with van der Waals surface area (Å²) in [5.74, 6) is -0.606.